The molecule has 0 bridgehead atoms. The minimum absolute atomic E-state index is 0.0175. The molecule has 0 aliphatic heterocycles. The van der Waals surface area contributed by atoms with E-state index in [-0.39, 0.29) is 24.1 Å². The summed E-state index contributed by atoms with van der Waals surface area (Å²) in [6.45, 7) is 5.20. The molecule has 0 unspecified atom stereocenters. The van der Waals surface area contributed by atoms with Gasteiger partial charge in [0.25, 0.3) is 5.56 Å². The van der Waals surface area contributed by atoms with Crippen LogP contribution in [-0.4, -0.2) is 55.8 Å². The van der Waals surface area contributed by atoms with E-state index >= 15 is 0 Å². The van der Waals surface area contributed by atoms with Crippen molar-refractivity contribution >= 4 is 16.7 Å². The van der Waals surface area contributed by atoms with Gasteiger partial charge >= 0.3 is 0 Å². The van der Waals surface area contributed by atoms with Gasteiger partial charge < -0.3 is 19.7 Å². The summed E-state index contributed by atoms with van der Waals surface area (Å²) in [4.78, 5) is 28.3. The average Bonchev–Trinajstić information content (AvgIpc) is 2.78. The Morgan fingerprint density at radius 3 is 2.58 bits per heavy atom. The number of carbonyl (C=O) groups is 1. The fourth-order valence-electron chi connectivity index (χ4n) is 3.68. The van der Waals surface area contributed by atoms with E-state index in [0.29, 0.717) is 29.2 Å². The molecule has 0 aliphatic rings. The van der Waals surface area contributed by atoms with Crippen molar-refractivity contribution in [2.45, 2.75) is 32.9 Å². The maximum atomic E-state index is 13.6. The van der Waals surface area contributed by atoms with E-state index < -0.39 is 0 Å². The highest BCUT2D eigenvalue weighted by Crippen LogP contribution is 2.27. The highest BCUT2D eigenvalue weighted by molar-refractivity contribution is 5.87. The Labute approximate surface area is 194 Å². The van der Waals surface area contributed by atoms with Crippen LogP contribution in [0.5, 0.6) is 11.5 Å². The Kier molecular flexibility index (Phi) is 8.11. The van der Waals surface area contributed by atoms with Gasteiger partial charge in [-0.15, -0.1) is 0 Å². The Balaban J connectivity index is 2.04. The van der Waals surface area contributed by atoms with Crippen LogP contribution in [0.2, 0.25) is 0 Å². The zero-order valence-corrected chi connectivity index (χ0v) is 20.1. The van der Waals surface area contributed by atoms with Crippen LogP contribution in [0.15, 0.2) is 53.3 Å². The van der Waals surface area contributed by atoms with Crippen molar-refractivity contribution in [3.8, 4) is 22.8 Å². The number of nitrogens with zero attached hydrogens (tertiary/aromatic N) is 2. The Morgan fingerprint density at radius 1 is 1.09 bits per heavy atom. The molecule has 0 radical (unpaired) electrons. The molecule has 7 nitrogen and oxygen atoms in total. The van der Waals surface area contributed by atoms with Gasteiger partial charge in [-0.05, 0) is 70.1 Å². The summed E-state index contributed by atoms with van der Waals surface area (Å²) in [5.74, 6) is 1.11. The molecule has 1 aromatic heterocycles. The van der Waals surface area contributed by atoms with Crippen LogP contribution < -0.4 is 20.3 Å². The van der Waals surface area contributed by atoms with Crippen molar-refractivity contribution in [3.63, 3.8) is 0 Å². The largest absolute Gasteiger partial charge is 0.497 e. The zero-order valence-electron chi connectivity index (χ0n) is 20.1. The lowest BCUT2D eigenvalue weighted by Gasteiger charge is -2.17. The van der Waals surface area contributed by atoms with Gasteiger partial charge in [-0.1, -0.05) is 18.2 Å². The van der Waals surface area contributed by atoms with Gasteiger partial charge in [-0.25, -0.2) is 0 Å². The fraction of sp³-hybridized carbons (Fsp3) is 0.385. The quantitative estimate of drug-likeness (QED) is 0.478. The fourth-order valence-corrected chi connectivity index (χ4v) is 3.68. The molecular weight excluding hydrogens is 418 g/mol. The van der Waals surface area contributed by atoms with Crippen molar-refractivity contribution in [1.29, 1.82) is 0 Å². The van der Waals surface area contributed by atoms with E-state index in [9.17, 15) is 9.59 Å². The lowest BCUT2D eigenvalue weighted by atomic mass is 10.1. The number of fused-ring (bicyclic) bond motifs is 1. The summed E-state index contributed by atoms with van der Waals surface area (Å²) < 4.78 is 12.7. The monoisotopic (exact) mass is 451 g/mol. The number of benzene rings is 2. The van der Waals surface area contributed by atoms with Gasteiger partial charge in [0.2, 0.25) is 5.91 Å². The molecule has 7 heteroatoms. The van der Waals surface area contributed by atoms with E-state index in [2.05, 4.69) is 10.2 Å². The smallest absolute Gasteiger partial charge is 0.259 e. The first-order valence-corrected chi connectivity index (χ1v) is 11.2. The lowest BCUT2D eigenvalue weighted by molar-refractivity contribution is -0.122. The zero-order chi connectivity index (χ0) is 24.0. The summed E-state index contributed by atoms with van der Waals surface area (Å²) in [6.07, 6.45) is 0.888. The Bertz CT molecular complexity index is 1170. The maximum absolute atomic E-state index is 13.6. The minimum atomic E-state index is -0.233. The van der Waals surface area contributed by atoms with E-state index in [1.165, 1.54) is 4.57 Å². The topological polar surface area (TPSA) is 72.8 Å². The molecule has 0 fully saturated rings. The molecule has 0 saturated heterocycles. The number of nitrogens with one attached hydrogen (secondary N) is 1. The van der Waals surface area contributed by atoms with Crippen LogP contribution in [0.3, 0.4) is 0 Å². The summed E-state index contributed by atoms with van der Waals surface area (Å²) in [6, 6.07) is 14.9. The van der Waals surface area contributed by atoms with Crippen LogP contribution in [0.1, 0.15) is 20.3 Å². The second kappa shape index (κ2) is 11.0. The van der Waals surface area contributed by atoms with Crippen molar-refractivity contribution in [2.75, 3.05) is 34.4 Å². The maximum Gasteiger partial charge on any atom is 0.259 e. The predicted octanol–water partition coefficient (Wildman–Crippen LogP) is 3.53. The number of hydrogen-bond donors (Lipinski definition) is 1. The van der Waals surface area contributed by atoms with Gasteiger partial charge in [0, 0.05) is 18.2 Å². The lowest BCUT2D eigenvalue weighted by Crippen LogP contribution is -2.36. The van der Waals surface area contributed by atoms with E-state index in [4.69, 9.17) is 9.47 Å². The Morgan fingerprint density at radius 2 is 1.88 bits per heavy atom. The van der Waals surface area contributed by atoms with Gasteiger partial charge in [-0.2, -0.15) is 0 Å². The van der Waals surface area contributed by atoms with Gasteiger partial charge in [-0.3, -0.25) is 14.2 Å². The number of methoxy groups -OCH3 is 1. The minimum Gasteiger partial charge on any atom is -0.497 e. The standard InChI is InChI=1S/C26H33N3O4/c1-18(2)27-25(30)17-29-24(20-8-6-9-21(14-20)32-5)15-19-10-11-22(16-23(19)26(29)31)33-13-7-12-28(3)4/h6,8-11,14-16,18H,7,12-13,17H2,1-5H3,(H,27,30). The SMILES string of the molecule is COc1cccc(-c2cc3ccc(OCCCN(C)C)cc3c(=O)n2CC(=O)NC(C)C)c1. The molecule has 1 amide bonds. The van der Waals surface area contributed by atoms with Crippen LogP contribution in [0, 0.1) is 0 Å². The second-order valence-corrected chi connectivity index (χ2v) is 8.63. The summed E-state index contributed by atoms with van der Waals surface area (Å²) >= 11 is 0. The number of carbonyl (C=O) groups excluding carboxylic acids is 1. The molecule has 176 valence electrons. The average molecular weight is 452 g/mol. The van der Waals surface area contributed by atoms with Gasteiger partial charge in [0.1, 0.15) is 18.0 Å². The molecule has 3 rings (SSSR count). The number of amides is 1. The van der Waals surface area contributed by atoms with Crippen LogP contribution in [0.25, 0.3) is 22.0 Å². The van der Waals surface area contributed by atoms with Crippen LogP contribution in [0.4, 0.5) is 0 Å². The molecular formula is C26H33N3O4. The van der Waals surface area contributed by atoms with Gasteiger partial charge in [0.15, 0.2) is 0 Å². The van der Waals surface area contributed by atoms with Crippen LogP contribution >= 0.6 is 0 Å². The normalized spacial score (nSPS) is 11.2. The molecule has 1 heterocycles. The van der Waals surface area contributed by atoms with Crippen molar-refractivity contribution in [3.05, 3.63) is 58.9 Å². The number of ether oxygens (including phenoxy) is 2. The molecule has 0 spiro atoms. The summed E-state index contributed by atoms with van der Waals surface area (Å²) in [7, 11) is 5.64. The third-order valence-electron chi connectivity index (χ3n) is 5.22. The molecule has 3 aromatic rings. The summed E-state index contributed by atoms with van der Waals surface area (Å²) in [5, 5.41) is 4.18. The number of rotatable bonds is 10. The van der Waals surface area contributed by atoms with E-state index in [0.717, 1.165) is 23.9 Å². The van der Waals surface area contributed by atoms with E-state index in [1.807, 2.05) is 70.4 Å². The molecule has 1 N–H and O–H groups in total. The first-order chi connectivity index (χ1) is 15.8. The first kappa shape index (κ1) is 24.3. The van der Waals surface area contributed by atoms with Crippen molar-refractivity contribution in [2.24, 2.45) is 0 Å². The van der Waals surface area contributed by atoms with E-state index in [1.54, 1.807) is 13.2 Å². The second-order valence-electron chi connectivity index (χ2n) is 8.63. The molecule has 0 saturated carbocycles. The highest BCUT2D eigenvalue weighted by atomic mass is 16.5. The first-order valence-electron chi connectivity index (χ1n) is 11.2. The van der Waals surface area contributed by atoms with Crippen molar-refractivity contribution < 1.29 is 14.3 Å². The molecule has 2 aromatic carbocycles. The number of aromatic nitrogens is 1. The predicted molar refractivity (Wildman–Crippen MR) is 132 cm³/mol. The third kappa shape index (κ3) is 6.35. The Hall–Kier alpha value is -3.32. The summed E-state index contributed by atoms with van der Waals surface area (Å²) in [5.41, 5.74) is 1.22. The number of hydrogen-bond acceptors (Lipinski definition) is 5. The van der Waals surface area contributed by atoms with Crippen molar-refractivity contribution in [1.82, 2.24) is 14.8 Å². The molecule has 0 atom stereocenters. The molecule has 0 aliphatic carbocycles. The van der Waals surface area contributed by atoms with Gasteiger partial charge in [0.05, 0.1) is 24.8 Å². The molecule has 33 heavy (non-hydrogen) atoms. The highest BCUT2D eigenvalue weighted by Gasteiger charge is 2.16. The van der Waals surface area contributed by atoms with Crippen LogP contribution in [-0.2, 0) is 11.3 Å². The third-order valence-corrected chi connectivity index (χ3v) is 5.22. The number of pyridine rings is 1.